The van der Waals surface area contributed by atoms with Gasteiger partial charge in [0.15, 0.2) is 0 Å². The normalized spacial score (nSPS) is 20.2. The average molecular weight is 344 g/mol. The molecule has 1 saturated heterocycles. The van der Waals surface area contributed by atoms with E-state index >= 15 is 0 Å². The summed E-state index contributed by atoms with van der Waals surface area (Å²) in [5, 5.41) is 24.6. The first-order chi connectivity index (χ1) is 11.3. The van der Waals surface area contributed by atoms with Gasteiger partial charge in [-0.2, -0.15) is 0 Å². The summed E-state index contributed by atoms with van der Waals surface area (Å²) in [7, 11) is 0. The van der Waals surface area contributed by atoms with E-state index in [2.05, 4.69) is 10.6 Å². The molecule has 4 N–H and O–H groups in total. The van der Waals surface area contributed by atoms with Crippen LogP contribution in [0.15, 0.2) is 0 Å². The lowest BCUT2D eigenvalue weighted by Gasteiger charge is -2.30. The highest BCUT2D eigenvalue weighted by Gasteiger charge is 2.37. The van der Waals surface area contributed by atoms with Gasteiger partial charge in [-0.1, -0.05) is 13.8 Å². The molecule has 2 atom stereocenters. The van der Waals surface area contributed by atoms with E-state index in [0.717, 1.165) is 0 Å². The number of carbonyl (C=O) groups is 4. The van der Waals surface area contributed by atoms with E-state index < -0.39 is 35.7 Å². The number of piperazine rings is 1. The lowest BCUT2D eigenvalue weighted by molar-refractivity contribution is -0.168. The van der Waals surface area contributed by atoms with Gasteiger partial charge in [0.2, 0.25) is 23.6 Å². The Labute approximate surface area is 139 Å². The van der Waals surface area contributed by atoms with Gasteiger partial charge >= 0.3 is 0 Å². The molecule has 1 aliphatic rings. The molecular formula is C14H24N4O6. The topological polar surface area (TPSA) is 139 Å². The van der Waals surface area contributed by atoms with E-state index in [1.54, 1.807) is 13.8 Å². The second kappa shape index (κ2) is 9.18. The number of nitrogens with zero attached hydrogens (tertiary/aromatic N) is 2. The second-order valence-corrected chi connectivity index (χ2v) is 5.56. The SMILES string of the molecule is CCCN(O)C(=O)CC1NC(=O)C(CC(=O)N(O)CCC)NC1=O. The molecule has 0 spiro atoms. The number of rotatable bonds is 8. The monoisotopic (exact) mass is 344 g/mol. The summed E-state index contributed by atoms with van der Waals surface area (Å²) in [6.07, 6.45) is 0.337. The molecule has 1 aliphatic heterocycles. The molecule has 24 heavy (non-hydrogen) atoms. The van der Waals surface area contributed by atoms with Crippen LogP contribution in [0, 0.1) is 0 Å². The van der Waals surface area contributed by atoms with Crippen LogP contribution in [0.3, 0.4) is 0 Å². The van der Waals surface area contributed by atoms with Gasteiger partial charge in [0.05, 0.1) is 12.8 Å². The molecular weight excluding hydrogens is 320 g/mol. The quantitative estimate of drug-likeness (QED) is 0.329. The summed E-state index contributed by atoms with van der Waals surface area (Å²) in [5.41, 5.74) is 0. The molecule has 1 heterocycles. The van der Waals surface area contributed by atoms with Crippen molar-refractivity contribution >= 4 is 23.6 Å². The molecule has 10 nitrogen and oxygen atoms in total. The summed E-state index contributed by atoms with van der Waals surface area (Å²) in [6.45, 7) is 3.80. The fourth-order valence-corrected chi connectivity index (χ4v) is 2.20. The molecule has 1 fully saturated rings. The third-order valence-corrected chi connectivity index (χ3v) is 3.47. The molecule has 0 saturated carbocycles. The predicted octanol–water partition coefficient (Wildman–Crippen LogP) is -0.995. The zero-order valence-electron chi connectivity index (χ0n) is 13.8. The van der Waals surface area contributed by atoms with Gasteiger partial charge in [0.1, 0.15) is 12.1 Å². The minimum Gasteiger partial charge on any atom is -0.342 e. The van der Waals surface area contributed by atoms with Crippen LogP contribution in [-0.4, -0.2) is 69.3 Å². The maximum Gasteiger partial charge on any atom is 0.248 e. The lowest BCUT2D eigenvalue weighted by Crippen LogP contribution is -2.63. The Morgan fingerprint density at radius 2 is 1.21 bits per heavy atom. The largest absolute Gasteiger partial charge is 0.342 e. The summed E-state index contributed by atoms with van der Waals surface area (Å²) in [5.74, 6) is -2.61. The first-order valence-electron chi connectivity index (χ1n) is 7.89. The minimum atomic E-state index is -1.11. The second-order valence-electron chi connectivity index (χ2n) is 5.56. The van der Waals surface area contributed by atoms with Crippen LogP contribution in [0.2, 0.25) is 0 Å². The first kappa shape index (κ1) is 19.8. The maximum absolute atomic E-state index is 12.0. The molecule has 0 radical (unpaired) electrons. The molecule has 0 aliphatic carbocycles. The van der Waals surface area contributed by atoms with Crippen molar-refractivity contribution in [1.29, 1.82) is 0 Å². The van der Waals surface area contributed by atoms with Gasteiger partial charge in [0, 0.05) is 13.1 Å². The first-order valence-corrected chi connectivity index (χ1v) is 7.89. The Morgan fingerprint density at radius 1 is 0.875 bits per heavy atom. The van der Waals surface area contributed by atoms with Crippen LogP contribution in [0.25, 0.3) is 0 Å². The third-order valence-electron chi connectivity index (χ3n) is 3.47. The zero-order valence-corrected chi connectivity index (χ0v) is 13.8. The fraction of sp³-hybridized carbons (Fsp3) is 0.714. The third kappa shape index (κ3) is 5.46. The molecule has 2 unspecified atom stereocenters. The predicted molar refractivity (Wildman–Crippen MR) is 80.7 cm³/mol. The van der Waals surface area contributed by atoms with Crippen molar-refractivity contribution in [3.63, 3.8) is 0 Å². The summed E-state index contributed by atoms with van der Waals surface area (Å²) in [4.78, 5) is 47.4. The molecule has 0 aromatic carbocycles. The van der Waals surface area contributed by atoms with Crippen molar-refractivity contribution in [3.8, 4) is 0 Å². The highest BCUT2D eigenvalue weighted by Crippen LogP contribution is 2.08. The number of hydroxylamine groups is 4. The van der Waals surface area contributed by atoms with Crippen LogP contribution in [0.5, 0.6) is 0 Å². The Kier molecular flexibility index (Phi) is 7.59. The standard InChI is InChI=1S/C14H24N4O6/c1-3-5-17(23)11(19)7-9-13(21)16-10(14(22)15-9)8-12(20)18(24)6-4-2/h9-10,23-24H,3-8H2,1-2H3,(H,15,22)(H,16,21). The Balaban J connectivity index is 2.58. The van der Waals surface area contributed by atoms with Gasteiger partial charge < -0.3 is 10.6 Å². The Hall–Kier alpha value is -2.20. The number of carbonyl (C=O) groups excluding carboxylic acids is 4. The van der Waals surface area contributed by atoms with Crippen molar-refractivity contribution in [3.05, 3.63) is 0 Å². The number of amides is 4. The number of hydrogen-bond acceptors (Lipinski definition) is 6. The molecule has 0 aromatic heterocycles. The summed E-state index contributed by atoms with van der Waals surface area (Å²) in [6, 6.07) is -2.22. The average Bonchev–Trinajstić information content (AvgIpc) is 2.52. The molecule has 0 bridgehead atoms. The van der Waals surface area contributed by atoms with Crippen LogP contribution < -0.4 is 10.6 Å². The molecule has 136 valence electrons. The van der Waals surface area contributed by atoms with Crippen LogP contribution >= 0.6 is 0 Å². The van der Waals surface area contributed by atoms with Crippen LogP contribution in [-0.2, 0) is 19.2 Å². The van der Waals surface area contributed by atoms with E-state index in [-0.39, 0.29) is 25.9 Å². The van der Waals surface area contributed by atoms with E-state index in [9.17, 15) is 29.6 Å². The highest BCUT2D eigenvalue weighted by atomic mass is 16.5. The van der Waals surface area contributed by atoms with E-state index in [0.29, 0.717) is 23.0 Å². The van der Waals surface area contributed by atoms with Gasteiger partial charge in [-0.05, 0) is 12.8 Å². The van der Waals surface area contributed by atoms with Crippen molar-refractivity contribution in [1.82, 2.24) is 20.8 Å². The molecule has 0 aromatic rings. The van der Waals surface area contributed by atoms with Gasteiger partial charge in [0.25, 0.3) is 0 Å². The number of hydrogen-bond donors (Lipinski definition) is 4. The summed E-state index contributed by atoms with van der Waals surface area (Å²) >= 11 is 0. The fourth-order valence-electron chi connectivity index (χ4n) is 2.20. The van der Waals surface area contributed by atoms with Gasteiger partial charge in [-0.15, -0.1) is 0 Å². The van der Waals surface area contributed by atoms with Crippen molar-refractivity contribution in [2.24, 2.45) is 0 Å². The molecule has 4 amide bonds. The number of nitrogens with one attached hydrogen (secondary N) is 2. The van der Waals surface area contributed by atoms with Crippen molar-refractivity contribution in [2.75, 3.05) is 13.1 Å². The van der Waals surface area contributed by atoms with Crippen molar-refractivity contribution in [2.45, 2.75) is 51.6 Å². The smallest absolute Gasteiger partial charge is 0.248 e. The lowest BCUT2D eigenvalue weighted by atomic mass is 10.0. The molecule has 1 rings (SSSR count). The van der Waals surface area contributed by atoms with Crippen molar-refractivity contribution < 1.29 is 29.6 Å². The van der Waals surface area contributed by atoms with E-state index in [1.807, 2.05) is 0 Å². The van der Waals surface area contributed by atoms with Gasteiger partial charge in [-0.25, -0.2) is 10.1 Å². The zero-order chi connectivity index (χ0) is 18.3. The summed E-state index contributed by atoms with van der Waals surface area (Å²) < 4.78 is 0. The Morgan fingerprint density at radius 3 is 1.50 bits per heavy atom. The maximum atomic E-state index is 12.0. The minimum absolute atomic E-state index is 0.127. The van der Waals surface area contributed by atoms with Gasteiger partial charge in [-0.3, -0.25) is 29.6 Å². The van der Waals surface area contributed by atoms with Crippen LogP contribution in [0.4, 0.5) is 0 Å². The van der Waals surface area contributed by atoms with Crippen LogP contribution in [0.1, 0.15) is 39.5 Å². The van der Waals surface area contributed by atoms with E-state index in [1.165, 1.54) is 0 Å². The van der Waals surface area contributed by atoms with E-state index in [4.69, 9.17) is 0 Å². The Bertz CT molecular complexity index is 454. The highest BCUT2D eigenvalue weighted by molar-refractivity contribution is 6.00. The molecule has 10 heteroatoms.